The van der Waals surface area contributed by atoms with E-state index in [1.807, 2.05) is 6.92 Å². The Kier molecular flexibility index (Phi) is 4.95. The zero-order valence-corrected chi connectivity index (χ0v) is 15.7. The van der Waals surface area contributed by atoms with Crippen LogP contribution in [0.25, 0.3) is 22.7 Å². The lowest BCUT2D eigenvalue weighted by Gasteiger charge is -2.10. The van der Waals surface area contributed by atoms with Crippen molar-refractivity contribution in [3.05, 3.63) is 71.4 Å². The van der Waals surface area contributed by atoms with Gasteiger partial charge in [0.25, 0.3) is 5.91 Å². The third kappa shape index (κ3) is 3.68. The Balaban J connectivity index is 1.62. The number of nitrogens with zero attached hydrogens (tertiary/aromatic N) is 2. The summed E-state index contributed by atoms with van der Waals surface area (Å²) < 4.78 is 11.2. The number of benzene rings is 2. The van der Waals surface area contributed by atoms with Crippen LogP contribution >= 0.6 is 11.6 Å². The molecule has 0 bridgehead atoms. The van der Waals surface area contributed by atoms with Gasteiger partial charge in [-0.25, -0.2) is 4.98 Å². The molecule has 2 aromatic heterocycles. The Labute approximate surface area is 166 Å². The zero-order chi connectivity index (χ0) is 19.5. The number of ether oxygens (including phenoxy) is 1. The molecule has 0 unspecified atom stereocenters. The summed E-state index contributed by atoms with van der Waals surface area (Å²) in [5, 5.41) is 3.24. The van der Waals surface area contributed by atoms with E-state index in [0.717, 1.165) is 0 Å². The van der Waals surface area contributed by atoms with Gasteiger partial charge < -0.3 is 14.5 Å². The minimum Gasteiger partial charge on any atom is -0.494 e. The summed E-state index contributed by atoms with van der Waals surface area (Å²) in [6, 6.07) is 15.7. The lowest BCUT2D eigenvalue weighted by atomic mass is 10.1. The van der Waals surface area contributed by atoms with Gasteiger partial charge in [-0.3, -0.25) is 4.79 Å². The number of fused-ring (bicyclic) bond motifs is 1. The van der Waals surface area contributed by atoms with Crippen LogP contribution in [0.5, 0.6) is 5.75 Å². The average molecular weight is 394 g/mol. The predicted octanol–water partition coefficient (Wildman–Crippen LogP) is 5.19. The second-order valence-electron chi connectivity index (χ2n) is 5.95. The normalized spacial score (nSPS) is 10.8. The van der Waals surface area contributed by atoms with Crippen molar-refractivity contribution in [2.45, 2.75) is 6.92 Å². The number of hydrogen-bond acceptors (Lipinski definition) is 5. The summed E-state index contributed by atoms with van der Waals surface area (Å²) >= 11 is 6.27. The SMILES string of the molecule is CCOc1cccc(C(=O)Nc2cc(-c3nc4ncccc4o3)ccc2Cl)c1. The second kappa shape index (κ2) is 7.70. The first-order chi connectivity index (χ1) is 13.6. The smallest absolute Gasteiger partial charge is 0.255 e. The molecule has 1 amide bonds. The first-order valence-electron chi connectivity index (χ1n) is 8.70. The molecule has 1 N–H and O–H groups in total. The van der Waals surface area contributed by atoms with Crippen LogP contribution in [0.4, 0.5) is 5.69 Å². The fourth-order valence-corrected chi connectivity index (χ4v) is 2.90. The van der Waals surface area contributed by atoms with Crippen LogP contribution < -0.4 is 10.1 Å². The third-order valence-corrected chi connectivity index (χ3v) is 4.36. The average Bonchev–Trinajstić information content (AvgIpc) is 3.14. The predicted molar refractivity (Wildman–Crippen MR) is 108 cm³/mol. The lowest BCUT2D eigenvalue weighted by Crippen LogP contribution is -2.12. The number of halogens is 1. The van der Waals surface area contributed by atoms with Gasteiger partial charge in [0.2, 0.25) is 5.89 Å². The molecule has 28 heavy (non-hydrogen) atoms. The molecule has 0 radical (unpaired) electrons. The van der Waals surface area contributed by atoms with Crippen LogP contribution in [0.3, 0.4) is 0 Å². The van der Waals surface area contributed by atoms with Crippen LogP contribution in [0.15, 0.2) is 65.2 Å². The van der Waals surface area contributed by atoms with E-state index in [-0.39, 0.29) is 5.91 Å². The molecule has 0 saturated carbocycles. The summed E-state index contributed by atoms with van der Waals surface area (Å²) in [6.07, 6.45) is 1.65. The van der Waals surface area contributed by atoms with Gasteiger partial charge in [0.15, 0.2) is 11.2 Å². The second-order valence-corrected chi connectivity index (χ2v) is 6.36. The Morgan fingerprint density at radius 3 is 2.89 bits per heavy atom. The molecule has 2 aromatic carbocycles. The van der Waals surface area contributed by atoms with E-state index >= 15 is 0 Å². The Morgan fingerprint density at radius 1 is 1.18 bits per heavy atom. The number of pyridine rings is 1. The van der Waals surface area contributed by atoms with Crippen LogP contribution in [0.1, 0.15) is 17.3 Å². The monoisotopic (exact) mass is 393 g/mol. The van der Waals surface area contributed by atoms with Crippen molar-refractivity contribution in [2.24, 2.45) is 0 Å². The molecule has 7 heteroatoms. The van der Waals surface area contributed by atoms with Gasteiger partial charge >= 0.3 is 0 Å². The Bertz CT molecular complexity index is 1120. The number of aromatic nitrogens is 2. The first kappa shape index (κ1) is 18.0. The number of hydrogen-bond donors (Lipinski definition) is 1. The number of amides is 1. The molecular formula is C21H16ClN3O3. The molecular weight excluding hydrogens is 378 g/mol. The highest BCUT2D eigenvalue weighted by atomic mass is 35.5. The molecule has 140 valence electrons. The minimum absolute atomic E-state index is 0.292. The van der Waals surface area contributed by atoms with E-state index in [4.69, 9.17) is 20.8 Å². The standard InChI is InChI=1S/C21H16ClN3O3/c1-2-27-15-6-3-5-13(11-15)20(26)24-17-12-14(8-9-16(17)22)21-25-19-18(28-21)7-4-10-23-19/h3-12H,2H2,1H3,(H,24,26). The number of oxazole rings is 1. The number of anilines is 1. The van der Waals surface area contributed by atoms with Crippen molar-refractivity contribution in [3.8, 4) is 17.2 Å². The maximum Gasteiger partial charge on any atom is 0.255 e. The molecule has 4 rings (SSSR count). The number of carbonyl (C=O) groups is 1. The fourth-order valence-electron chi connectivity index (χ4n) is 2.73. The highest BCUT2D eigenvalue weighted by Crippen LogP contribution is 2.30. The van der Waals surface area contributed by atoms with E-state index in [9.17, 15) is 4.79 Å². The molecule has 4 aromatic rings. The molecule has 0 atom stereocenters. The number of rotatable bonds is 5. The highest BCUT2D eigenvalue weighted by molar-refractivity contribution is 6.34. The maximum atomic E-state index is 12.6. The largest absolute Gasteiger partial charge is 0.494 e. The van der Waals surface area contributed by atoms with Crippen LogP contribution in [0, 0.1) is 0 Å². The number of nitrogens with one attached hydrogen (secondary N) is 1. The van der Waals surface area contributed by atoms with Crippen molar-refractivity contribution in [3.63, 3.8) is 0 Å². The summed E-state index contributed by atoms with van der Waals surface area (Å²) in [4.78, 5) is 21.2. The topological polar surface area (TPSA) is 77.2 Å². The van der Waals surface area contributed by atoms with Gasteiger partial charge in [0.1, 0.15) is 5.75 Å². The van der Waals surface area contributed by atoms with Crippen molar-refractivity contribution in [1.29, 1.82) is 0 Å². The Morgan fingerprint density at radius 2 is 2.07 bits per heavy atom. The summed E-state index contributed by atoms with van der Waals surface area (Å²) in [5.74, 6) is 0.744. The summed E-state index contributed by atoms with van der Waals surface area (Å²) in [5.41, 5.74) is 2.72. The van der Waals surface area contributed by atoms with Gasteiger partial charge in [0.05, 0.1) is 17.3 Å². The van der Waals surface area contributed by atoms with Crippen molar-refractivity contribution >= 4 is 34.4 Å². The molecule has 0 saturated heterocycles. The van der Waals surface area contributed by atoms with Crippen molar-refractivity contribution in [2.75, 3.05) is 11.9 Å². The van der Waals surface area contributed by atoms with Gasteiger partial charge in [-0.05, 0) is 55.5 Å². The molecule has 0 aliphatic carbocycles. The molecule has 6 nitrogen and oxygen atoms in total. The van der Waals surface area contributed by atoms with E-state index in [2.05, 4.69) is 15.3 Å². The summed E-state index contributed by atoms with van der Waals surface area (Å²) in [7, 11) is 0. The van der Waals surface area contributed by atoms with Crippen LogP contribution in [-0.2, 0) is 0 Å². The van der Waals surface area contributed by atoms with Crippen LogP contribution in [0.2, 0.25) is 5.02 Å². The third-order valence-electron chi connectivity index (χ3n) is 4.03. The number of carbonyl (C=O) groups excluding carboxylic acids is 1. The fraction of sp³-hybridized carbons (Fsp3) is 0.0952. The molecule has 0 aliphatic heterocycles. The molecule has 0 fully saturated rings. The van der Waals surface area contributed by atoms with Crippen molar-refractivity contribution in [1.82, 2.24) is 9.97 Å². The summed E-state index contributed by atoms with van der Waals surface area (Å²) in [6.45, 7) is 2.41. The maximum absolute atomic E-state index is 12.6. The van der Waals surface area contributed by atoms with Gasteiger partial charge in [-0.1, -0.05) is 17.7 Å². The van der Waals surface area contributed by atoms with Gasteiger partial charge in [-0.2, -0.15) is 4.98 Å². The van der Waals surface area contributed by atoms with Crippen molar-refractivity contribution < 1.29 is 13.9 Å². The van der Waals surface area contributed by atoms with Crippen LogP contribution in [-0.4, -0.2) is 22.5 Å². The molecule has 0 spiro atoms. The lowest BCUT2D eigenvalue weighted by molar-refractivity contribution is 0.102. The highest BCUT2D eigenvalue weighted by Gasteiger charge is 2.14. The Hall–Kier alpha value is -3.38. The minimum atomic E-state index is -0.292. The van der Waals surface area contributed by atoms with Gasteiger partial charge in [0, 0.05) is 17.3 Å². The first-order valence-corrected chi connectivity index (χ1v) is 9.07. The quantitative estimate of drug-likeness (QED) is 0.504. The van der Waals surface area contributed by atoms with E-state index in [0.29, 0.717) is 51.3 Å². The van der Waals surface area contributed by atoms with E-state index in [1.54, 1.807) is 60.8 Å². The van der Waals surface area contributed by atoms with Gasteiger partial charge in [-0.15, -0.1) is 0 Å². The zero-order valence-electron chi connectivity index (χ0n) is 15.0. The molecule has 0 aliphatic rings. The molecule has 2 heterocycles. The van der Waals surface area contributed by atoms with E-state index < -0.39 is 0 Å². The van der Waals surface area contributed by atoms with E-state index in [1.165, 1.54) is 0 Å².